The fourth-order valence-corrected chi connectivity index (χ4v) is 2.39. The molecule has 23 heavy (non-hydrogen) atoms. The van der Waals surface area contributed by atoms with Crippen molar-refractivity contribution in [3.05, 3.63) is 42.0 Å². The van der Waals surface area contributed by atoms with Gasteiger partial charge in [0.05, 0.1) is 6.10 Å². The molecule has 0 aromatic heterocycles. The summed E-state index contributed by atoms with van der Waals surface area (Å²) in [6.07, 6.45) is 4.70. The second-order valence-electron chi connectivity index (χ2n) is 6.10. The Morgan fingerprint density at radius 1 is 1.35 bits per heavy atom. The molecular formula is C18H24N2O3. The Morgan fingerprint density at radius 3 is 2.61 bits per heavy atom. The van der Waals surface area contributed by atoms with Gasteiger partial charge in [0.2, 0.25) is 11.8 Å². The van der Waals surface area contributed by atoms with Crippen LogP contribution in [0.3, 0.4) is 0 Å². The van der Waals surface area contributed by atoms with Crippen molar-refractivity contribution in [2.45, 2.75) is 31.9 Å². The first-order valence-electron chi connectivity index (χ1n) is 7.94. The van der Waals surface area contributed by atoms with Gasteiger partial charge >= 0.3 is 0 Å². The van der Waals surface area contributed by atoms with Gasteiger partial charge in [-0.2, -0.15) is 0 Å². The number of benzene rings is 1. The average molecular weight is 316 g/mol. The maximum absolute atomic E-state index is 12.2. The third kappa shape index (κ3) is 5.53. The van der Waals surface area contributed by atoms with Crippen LogP contribution in [0.15, 0.2) is 36.4 Å². The number of carbonyl (C=O) groups excluding carboxylic acids is 2. The van der Waals surface area contributed by atoms with Crippen molar-refractivity contribution in [3.63, 3.8) is 0 Å². The van der Waals surface area contributed by atoms with Crippen LogP contribution in [0.25, 0.3) is 6.08 Å². The zero-order valence-electron chi connectivity index (χ0n) is 13.6. The van der Waals surface area contributed by atoms with Crippen LogP contribution in [0.1, 0.15) is 25.3 Å². The zero-order valence-corrected chi connectivity index (χ0v) is 13.6. The van der Waals surface area contributed by atoms with Crippen LogP contribution in [0.4, 0.5) is 0 Å². The van der Waals surface area contributed by atoms with Crippen molar-refractivity contribution in [2.75, 3.05) is 13.6 Å². The van der Waals surface area contributed by atoms with Gasteiger partial charge in [0.25, 0.3) is 0 Å². The summed E-state index contributed by atoms with van der Waals surface area (Å²) >= 11 is 0. The van der Waals surface area contributed by atoms with Crippen LogP contribution >= 0.6 is 0 Å². The molecule has 0 spiro atoms. The van der Waals surface area contributed by atoms with E-state index in [4.69, 9.17) is 0 Å². The monoisotopic (exact) mass is 316 g/mol. The molecule has 1 saturated carbocycles. The van der Waals surface area contributed by atoms with Crippen molar-refractivity contribution in [1.82, 2.24) is 10.2 Å². The Labute approximate surface area is 137 Å². The number of aliphatic hydroxyl groups is 1. The van der Waals surface area contributed by atoms with Crippen LogP contribution in [0.5, 0.6) is 0 Å². The number of aliphatic hydroxyl groups excluding tert-OH is 1. The number of hydrogen-bond donors (Lipinski definition) is 2. The first kappa shape index (κ1) is 17.2. The second-order valence-corrected chi connectivity index (χ2v) is 6.10. The molecule has 1 aliphatic rings. The molecule has 0 bridgehead atoms. The van der Waals surface area contributed by atoms with Gasteiger partial charge in [-0.1, -0.05) is 30.3 Å². The highest BCUT2D eigenvalue weighted by molar-refractivity contribution is 5.95. The van der Waals surface area contributed by atoms with Crippen LogP contribution in [0, 0.1) is 5.92 Å². The molecule has 0 heterocycles. The fraction of sp³-hybridized carbons (Fsp3) is 0.444. The minimum absolute atomic E-state index is 0.203. The molecule has 2 atom stereocenters. The van der Waals surface area contributed by atoms with E-state index in [-0.39, 0.29) is 11.8 Å². The third-order valence-electron chi connectivity index (χ3n) is 3.96. The summed E-state index contributed by atoms with van der Waals surface area (Å²) in [6.45, 7) is 1.96. The van der Waals surface area contributed by atoms with Crippen molar-refractivity contribution in [3.8, 4) is 0 Å². The third-order valence-corrected chi connectivity index (χ3v) is 3.96. The quantitative estimate of drug-likeness (QED) is 0.748. The van der Waals surface area contributed by atoms with Crippen LogP contribution < -0.4 is 5.32 Å². The van der Waals surface area contributed by atoms with Gasteiger partial charge in [0.15, 0.2) is 0 Å². The number of hydrogen-bond acceptors (Lipinski definition) is 3. The minimum atomic E-state index is -0.626. The van der Waals surface area contributed by atoms with Crippen molar-refractivity contribution in [1.29, 1.82) is 0 Å². The zero-order chi connectivity index (χ0) is 16.8. The predicted octanol–water partition coefficient (Wildman–Crippen LogP) is 1.43. The predicted molar refractivity (Wildman–Crippen MR) is 89.4 cm³/mol. The van der Waals surface area contributed by atoms with Gasteiger partial charge in [-0.3, -0.25) is 9.59 Å². The first-order chi connectivity index (χ1) is 11.0. The molecule has 5 heteroatoms. The molecular weight excluding hydrogens is 292 g/mol. The van der Waals surface area contributed by atoms with E-state index in [0.29, 0.717) is 12.5 Å². The average Bonchev–Trinajstić information content (AvgIpc) is 3.38. The molecule has 2 amide bonds. The molecule has 2 N–H and O–H groups in total. The fourth-order valence-electron chi connectivity index (χ4n) is 2.39. The molecule has 2 unspecified atom stereocenters. The highest BCUT2D eigenvalue weighted by Gasteiger charge is 2.31. The van der Waals surface area contributed by atoms with E-state index in [0.717, 1.165) is 18.4 Å². The van der Waals surface area contributed by atoms with Gasteiger partial charge in [-0.15, -0.1) is 0 Å². The van der Waals surface area contributed by atoms with Gasteiger partial charge in [-0.25, -0.2) is 0 Å². The SMILES string of the molecule is CC(NC(=O)/C=C/c1ccccc1)C(=O)N(C)CC(O)C1CC1. The van der Waals surface area contributed by atoms with Crippen molar-refractivity contribution in [2.24, 2.45) is 5.92 Å². The smallest absolute Gasteiger partial charge is 0.244 e. The van der Waals surface area contributed by atoms with Crippen molar-refractivity contribution >= 4 is 17.9 Å². The van der Waals surface area contributed by atoms with E-state index in [1.807, 2.05) is 30.3 Å². The summed E-state index contributed by atoms with van der Waals surface area (Å²) in [7, 11) is 1.65. The number of carbonyl (C=O) groups is 2. The summed E-state index contributed by atoms with van der Waals surface area (Å²) in [5, 5.41) is 12.5. The van der Waals surface area contributed by atoms with E-state index in [9.17, 15) is 14.7 Å². The topological polar surface area (TPSA) is 69.6 Å². The molecule has 124 valence electrons. The molecule has 0 radical (unpaired) electrons. The lowest BCUT2D eigenvalue weighted by Gasteiger charge is -2.24. The number of rotatable bonds is 7. The first-order valence-corrected chi connectivity index (χ1v) is 7.94. The maximum atomic E-state index is 12.2. The Bertz CT molecular complexity index is 567. The summed E-state index contributed by atoms with van der Waals surface area (Å²) < 4.78 is 0. The Morgan fingerprint density at radius 2 is 2.00 bits per heavy atom. The Kier molecular flexibility index (Phi) is 5.93. The standard InChI is InChI=1S/C18H24N2O3/c1-13(18(23)20(2)12-16(21)15-9-10-15)19-17(22)11-8-14-6-4-3-5-7-14/h3-8,11,13,15-16,21H,9-10,12H2,1-2H3,(H,19,22)/b11-8+. The van der Waals surface area contributed by atoms with Gasteiger partial charge in [0, 0.05) is 19.7 Å². The van der Waals surface area contributed by atoms with Gasteiger partial charge < -0.3 is 15.3 Å². The highest BCUT2D eigenvalue weighted by Crippen LogP contribution is 2.32. The van der Waals surface area contributed by atoms with E-state index < -0.39 is 12.1 Å². The van der Waals surface area contributed by atoms with Crippen LogP contribution in [-0.2, 0) is 9.59 Å². The minimum Gasteiger partial charge on any atom is -0.391 e. The molecule has 2 rings (SSSR count). The molecule has 1 aliphatic carbocycles. The van der Waals surface area contributed by atoms with E-state index in [1.54, 1.807) is 20.0 Å². The molecule has 5 nitrogen and oxygen atoms in total. The van der Waals surface area contributed by atoms with E-state index >= 15 is 0 Å². The Hall–Kier alpha value is -2.14. The maximum Gasteiger partial charge on any atom is 0.244 e. The van der Waals surface area contributed by atoms with Crippen molar-refractivity contribution < 1.29 is 14.7 Å². The summed E-state index contributed by atoms with van der Waals surface area (Å²) in [5.74, 6) is -0.194. The number of nitrogens with one attached hydrogen (secondary N) is 1. The molecule has 0 aliphatic heterocycles. The van der Waals surface area contributed by atoms with Gasteiger partial charge in [-0.05, 0) is 37.3 Å². The Balaban J connectivity index is 1.80. The lowest BCUT2D eigenvalue weighted by atomic mass is 10.2. The lowest BCUT2D eigenvalue weighted by molar-refractivity contribution is -0.135. The lowest BCUT2D eigenvalue weighted by Crippen LogP contribution is -2.47. The molecule has 0 saturated heterocycles. The highest BCUT2D eigenvalue weighted by atomic mass is 16.3. The normalized spacial score (nSPS) is 16.8. The van der Waals surface area contributed by atoms with Crippen LogP contribution in [-0.4, -0.2) is 47.6 Å². The number of likely N-dealkylation sites (N-methyl/N-ethyl adjacent to an activating group) is 1. The van der Waals surface area contributed by atoms with E-state index in [1.165, 1.54) is 11.0 Å². The van der Waals surface area contributed by atoms with E-state index in [2.05, 4.69) is 5.32 Å². The van der Waals surface area contributed by atoms with Crippen LogP contribution in [0.2, 0.25) is 0 Å². The summed E-state index contributed by atoms with van der Waals surface area (Å²) in [6, 6.07) is 8.86. The number of amides is 2. The molecule has 1 aromatic carbocycles. The second kappa shape index (κ2) is 7.92. The molecule has 1 fully saturated rings. The van der Waals surface area contributed by atoms with Gasteiger partial charge in [0.1, 0.15) is 6.04 Å². The number of nitrogens with zero attached hydrogens (tertiary/aromatic N) is 1. The summed E-state index contributed by atoms with van der Waals surface area (Å²) in [5.41, 5.74) is 0.923. The largest absolute Gasteiger partial charge is 0.391 e. The summed E-state index contributed by atoms with van der Waals surface area (Å²) in [4.78, 5) is 25.6. The molecule has 1 aromatic rings.